The summed E-state index contributed by atoms with van der Waals surface area (Å²) in [6.07, 6.45) is 0.779. The Kier molecular flexibility index (Phi) is 4.63. The minimum Gasteiger partial charge on any atom is -0.493 e. The highest BCUT2D eigenvalue weighted by Gasteiger charge is 2.11. The van der Waals surface area contributed by atoms with Gasteiger partial charge in [0, 0.05) is 10.0 Å². The fourth-order valence-electron chi connectivity index (χ4n) is 2.49. The van der Waals surface area contributed by atoms with Gasteiger partial charge >= 0.3 is 0 Å². The fraction of sp³-hybridized carbons (Fsp3) is 0.105. The highest BCUT2D eigenvalue weighted by molar-refractivity contribution is 9.10. The van der Waals surface area contributed by atoms with Crippen LogP contribution in [-0.2, 0) is 6.61 Å². The van der Waals surface area contributed by atoms with Gasteiger partial charge in [-0.15, -0.1) is 0 Å². The third-order valence-electron chi connectivity index (χ3n) is 3.67. The molecule has 0 fully saturated rings. The molecule has 0 bridgehead atoms. The van der Waals surface area contributed by atoms with Gasteiger partial charge in [-0.05, 0) is 44.4 Å². The number of halogens is 1. The summed E-state index contributed by atoms with van der Waals surface area (Å²) in [5, 5.41) is 2.34. The van der Waals surface area contributed by atoms with Crippen LogP contribution in [0.5, 0.6) is 11.5 Å². The molecular formula is C19H15BrO3. The number of rotatable bonds is 5. The van der Waals surface area contributed by atoms with Crippen LogP contribution in [0.1, 0.15) is 15.9 Å². The van der Waals surface area contributed by atoms with E-state index in [1.165, 1.54) is 5.39 Å². The molecule has 0 unspecified atom stereocenters. The maximum atomic E-state index is 11.0. The molecule has 116 valence electrons. The number of methoxy groups -OCH3 is 1. The van der Waals surface area contributed by atoms with Crippen molar-refractivity contribution in [3.63, 3.8) is 0 Å². The Balaban J connectivity index is 1.91. The topological polar surface area (TPSA) is 35.5 Å². The number of benzene rings is 3. The van der Waals surface area contributed by atoms with Crippen molar-refractivity contribution in [3.8, 4) is 11.5 Å². The van der Waals surface area contributed by atoms with Gasteiger partial charge in [0.1, 0.15) is 6.61 Å². The summed E-state index contributed by atoms with van der Waals surface area (Å²) in [5.74, 6) is 1.13. The monoisotopic (exact) mass is 370 g/mol. The second kappa shape index (κ2) is 6.84. The van der Waals surface area contributed by atoms with E-state index in [1.54, 1.807) is 19.2 Å². The molecule has 3 nitrogen and oxygen atoms in total. The van der Waals surface area contributed by atoms with Crippen molar-refractivity contribution in [2.45, 2.75) is 6.61 Å². The number of carbonyl (C=O) groups excluding carboxylic acids is 1. The average Bonchev–Trinajstić information content (AvgIpc) is 2.60. The van der Waals surface area contributed by atoms with Gasteiger partial charge < -0.3 is 9.47 Å². The first kappa shape index (κ1) is 15.6. The lowest BCUT2D eigenvalue weighted by Crippen LogP contribution is -1.99. The van der Waals surface area contributed by atoms with E-state index in [9.17, 15) is 4.79 Å². The van der Waals surface area contributed by atoms with Crippen LogP contribution in [0.2, 0.25) is 0 Å². The molecule has 3 aromatic rings. The molecular weight excluding hydrogens is 356 g/mol. The van der Waals surface area contributed by atoms with Gasteiger partial charge in [0.15, 0.2) is 17.8 Å². The van der Waals surface area contributed by atoms with Crippen LogP contribution in [-0.4, -0.2) is 13.4 Å². The van der Waals surface area contributed by atoms with Gasteiger partial charge in [-0.1, -0.05) is 42.5 Å². The van der Waals surface area contributed by atoms with Gasteiger partial charge in [-0.25, -0.2) is 0 Å². The standard InChI is InChI=1S/C19H15BrO3/c1-22-18-9-15(11-21)17(20)10-19(18)23-12-14-7-4-6-13-5-2-3-8-16(13)14/h2-11H,12H2,1H3. The molecule has 0 amide bonds. The number of hydrogen-bond donors (Lipinski definition) is 0. The van der Waals surface area contributed by atoms with Gasteiger partial charge in [0.2, 0.25) is 0 Å². The van der Waals surface area contributed by atoms with Gasteiger partial charge in [-0.3, -0.25) is 4.79 Å². The molecule has 0 aromatic heterocycles. The Morgan fingerprint density at radius 3 is 2.61 bits per heavy atom. The summed E-state index contributed by atoms with van der Waals surface area (Å²) in [6.45, 7) is 0.421. The molecule has 0 aliphatic heterocycles. The van der Waals surface area contributed by atoms with Crippen LogP contribution >= 0.6 is 15.9 Å². The van der Waals surface area contributed by atoms with E-state index >= 15 is 0 Å². The minimum atomic E-state index is 0.421. The van der Waals surface area contributed by atoms with Crippen molar-refractivity contribution in [2.75, 3.05) is 7.11 Å². The Hall–Kier alpha value is -2.33. The molecule has 0 N–H and O–H groups in total. The first-order valence-electron chi connectivity index (χ1n) is 7.15. The van der Waals surface area contributed by atoms with E-state index < -0.39 is 0 Å². The van der Waals surface area contributed by atoms with E-state index in [-0.39, 0.29) is 0 Å². The molecule has 3 aromatic carbocycles. The zero-order chi connectivity index (χ0) is 16.2. The zero-order valence-electron chi connectivity index (χ0n) is 12.6. The van der Waals surface area contributed by atoms with Crippen LogP contribution in [0.15, 0.2) is 59.1 Å². The minimum absolute atomic E-state index is 0.421. The molecule has 23 heavy (non-hydrogen) atoms. The smallest absolute Gasteiger partial charge is 0.162 e. The highest BCUT2D eigenvalue weighted by Crippen LogP contribution is 2.33. The maximum Gasteiger partial charge on any atom is 0.162 e. The largest absolute Gasteiger partial charge is 0.493 e. The van der Waals surface area contributed by atoms with Crippen molar-refractivity contribution < 1.29 is 14.3 Å². The van der Waals surface area contributed by atoms with Crippen molar-refractivity contribution in [2.24, 2.45) is 0 Å². The molecule has 0 aliphatic rings. The molecule has 3 rings (SSSR count). The molecule has 0 radical (unpaired) electrons. The van der Waals surface area contributed by atoms with Crippen LogP contribution in [0.25, 0.3) is 10.8 Å². The summed E-state index contributed by atoms with van der Waals surface area (Å²) >= 11 is 3.37. The van der Waals surface area contributed by atoms with Crippen molar-refractivity contribution in [1.82, 2.24) is 0 Å². The van der Waals surface area contributed by atoms with E-state index in [0.717, 1.165) is 17.2 Å². The molecule has 0 spiro atoms. The quantitative estimate of drug-likeness (QED) is 0.592. The number of aldehydes is 1. The first-order valence-corrected chi connectivity index (χ1v) is 7.94. The molecule has 0 aliphatic carbocycles. The lowest BCUT2D eigenvalue weighted by molar-refractivity contribution is 0.112. The van der Waals surface area contributed by atoms with Gasteiger partial charge in [0.05, 0.1) is 7.11 Å². The van der Waals surface area contributed by atoms with E-state index in [0.29, 0.717) is 28.1 Å². The van der Waals surface area contributed by atoms with E-state index in [1.807, 2.05) is 24.3 Å². The van der Waals surface area contributed by atoms with Crippen molar-refractivity contribution in [1.29, 1.82) is 0 Å². The predicted octanol–water partition coefficient (Wildman–Crippen LogP) is 5.00. The highest BCUT2D eigenvalue weighted by atomic mass is 79.9. The van der Waals surface area contributed by atoms with Crippen LogP contribution in [0.4, 0.5) is 0 Å². The fourth-order valence-corrected chi connectivity index (χ4v) is 2.90. The van der Waals surface area contributed by atoms with Crippen LogP contribution in [0, 0.1) is 0 Å². The third-order valence-corrected chi connectivity index (χ3v) is 4.36. The number of fused-ring (bicyclic) bond motifs is 1. The second-order valence-electron chi connectivity index (χ2n) is 5.07. The summed E-state index contributed by atoms with van der Waals surface area (Å²) < 4.78 is 11.9. The predicted molar refractivity (Wildman–Crippen MR) is 94.4 cm³/mol. The molecule has 0 saturated heterocycles. The van der Waals surface area contributed by atoms with Gasteiger partial charge in [0.25, 0.3) is 0 Å². The Bertz CT molecular complexity index is 853. The second-order valence-corrected chi connectivity index (χ2v) is 5.92. The Morgan fingerprint density at radius 1 is 1.04 bits per heavy atom. The SMILES string of the molecule is COc1cc(C=O)c(Br)cc1OCc1cccc2ccccc12. The molecule has 0 atom stereocenters. The normalized spacial score (nSPS) is 10.5. The molecule has 4 heteroatoms. The lowest BCUT2D eigenvalue weighted by Gasteiger charge is -2.13. The zero-order valence-corrected chi connectivity index (χ0v) is 14.2. The van der Waals surface area contributed by atoms with Crippen molar-refractivity contribution >= 4 is 33.0 Å². The summed E-state index contributed by atoms with van der Waals surface area (Å²) in [6, 6.07) is 17.8. The van der Waals surface area contributed by atoms with E-state index in [4.69, 9.17) is 9.47 Å². The van der Waals surface area contributed by atoms with Crippen LogP contribution in [0.3, 0.4) is 0 Å². The summed E-state index contributed by atoms with van der Waals surface area (Å²) in [7, 11) is 1.56. The van der Waals surface area contributed by atoms with Crippen LogP contribution < -0.4 is 9.47 Å². The maximum absolute atomic E-state index is 11.0. The lowest BCUT2D eigenvalue weighted by atomic mass is 10.1. The molecule has 0 heterocycles. The third kappa shape index (κ3) is 3.22. The number of ether oxygens (including phenoxy) is 2. The number of hydrogen-bond acceptors (Lipinski definition) is 3. The van der Waals surface area contributed by atoms with E-state index in [2.05, 4.69) is 34.1 Å². The van der Waals surface area contributed by atoms with Crippen molar-refractivity contribution in [3.05, 3.63) is 70.2 Å². The van der Waals surface area contributed by atoms with Gasteiger partial charge in [-0.2, -0.15) is 0 Å². The average molecular weight is 371 g/mol. The summed E-state index contributed by atoms with van der Waals surface area (Å²) in [5.41, 5.74) is 1.63. The molecule has 0 saturated carbocycles. The first-order chi connectivity index (χ1) is 11.2. The summed E-state index contributed by atoms with van der Waals surface area (Å²) in [4.78, 5) is 11.0. The number of carbonyl (C=O) groups is 1. The Morgan fingerprint density at radius 2 is 1.83 bits per heavy atom. The Labute approximate surface area is 143 Å².